The zero-order valence-electron chi connectivity index (χ0n) is 25.8. The van der Waals surface area contributed by atoms with Gasteiger partial charge >= 0.3 is 0 Å². The van der Waals surface area contributed by atoms with Gasteiger partial charge in [-0.2, -0.15) is 0 Å². The van der Waals surface area contributed by atoms with Crippen molar-refractivity contribution in [2.45, 2.75) is 44.4 Å². The highest BCUT2D eigenvalue weighted by Gasteiger charge is 2.52. The lowest BCUT2D eigenvalue weighted by Gasteiger charge is -2.36. The lowest BCUT2D eigenvalue weighted by atomic mass is 9.82. The summed E-state index contributed by atoms with van der Waals surface area (Å²) < 4.78 is 0. The molecule has 0 saturated heterocycles. The van der Waals surface area contributed by atoms with Crippen molar-refractivity contribution in [1.82, 2.24) is 9.88 Å². The van der Waals surface area contributed by atoms with E-state index in [2.05, 4.69) is 16.9 Å². The predicted molar refractivity (Wildman–Crippen MR) is 178 cm³/mol. The summed E-state index contributed by atoms with van der Waals surface area (Å²) in [7, 11) is 0. The minimum atomic E-state index is -1.92. The maximum absolute atomic E-state index is 13.7. The van der Waals surface area contributed by atoms with E-state index in [1.165, 1.54) is 4.90 Å². The normalized spacial score (nSPS) is 19.7. The SMILES string of the molecule is C=CCN1C(=O)[C@](O)([C@H](C)/C=C/CC(=O)N2Cc3ccccc3C[C@H]2CO)c2cc(NC(=O)Cc3c[nH]c4ccccc34)ccc21. The van der Waals surface area contributed by atoms with Crippen LogP contribution in [-0.2, 0) is 39.4 Å². The van der Waals surface area contributed by atoms with Gasteiger partial charge in [-0.05, 0) is 47.4 Å². The van der Waals surface area contributed by atoms with Crippen LogP contribution >= 0.6 is 0 Å². The Labute approximate surface area is 267 Å². The van der Waals surface area contributed by atoms with E-state index in [1.54, 1.807) is 48.3 Å². The summed E-state index contributed by atoms with van der Waals surface area (Å²) in [5.74, 6) is -1.57. The number of carbonyl (C=O) groups is 3. The molecule has 0 aliphatic carbocycles. The number of anilines is 2. The van der Waals surface area contributed by atoms with Crippen molar-refractivity contribution in [3.63, 3.8) is 0 Å². The molecule has 0 radical (unpaired) electrons. The lowest BCUT2D eigenvalue weighted by Crippen LogP contribution is -2.46. The molecule has 0 saturated carbocycles. The van der Waals surface area contributed by atoms with E-state index in [0.717, 1.165) is 27.6 Å². The summed E-state index contributed by atoms with van der Waals surface area (Å²) in [5.41, 5.74) is 3.46. The Hall–Kier alpha value is -4.99. The molecule has 2 aliphatic heterocycles. The highest BCUT2D eigenvalue weighted by atomic mass is 16.3. The van der Waals surface area contributed by atoms with Crippen LogP contribution < -0.4 is 10.2 Å². The van der Waals surface area contributed by atoms with Gasteiger partial charge in [-0.25, -0.2) is 0 Å². The van der Waals surface area contributed by atoms with Gasteiger partial charge in [0.25, 0.3) is 5.91 Å². The number of nitrogens with one attached hydrogen (secondary N) is 2. The first-order valence-corrected chi connectivity index (χ1v) is 15.5. The number of para-hydroxylation sites is 1. The third-order valence-corrected chi connectivity index (χ3v) is 9.15. The molecule has 3 atom stereocenters. The second-order valence-electron chi connectivity index (χ2n) is 12.0. The van der Waals surface area contributed by atoms with E-state index >= 15 is 0 Å². The fourth-order valence-electron chi connectivity index (χ4n) is 6.66. The van der Waals surface area contributed by atoms with Crippen molar-refractivity contribution in [2.24, 2.45) is 5.92 Å². The van der Waals surface area contributed by atoms with Crippen LogP contribution in [-0.4, -0.2) is 57.0 Å². The zero-order valence-corrected chi connectivity index (χ0v) is 25.8. The standard InChI is InChI=1S/C37H38N4O5/c1-3-17-40-33-16-15-28(39-34(43)19-27-21-38-32-13-7-6-12-30(27)32)20-31(33)37(46,36(40)45)24(2)9-8-14-35(44)41-22-26-11-5-4-10-25(26)18-29(41)23-42/h3-13,15-16,20-21,24,29,38,42,46H,1,14,17-19,22-23H2,2H3,(H,39,43)/b9-8+/t24-,29+,37+/m1/s1. The number of aliphatic hydroxyl groups is 2. The first-order valence-electron chi connectivity index (χ1n) is 15.5. The number of nitrogens with zero attached hydrogens (tertiary/aromatic N) is 2. The quantitative estimate of drug-likeness (QED) is 0.194. The molecule has 1 aromatic heterocycles. The summed E-state index contributed by atoms with van der Waals surface area (Å²) in [4.78, 5) is 46.4. The molecule has 46 heavy (non-hydrogen) atoms. The largest absolute Gasteiger partial charge is 0.394 e. The van der Waals surface area contributed by atoms with Crippen LogP contribution in [0.5, 0.6) is 0 Å². The van der Waals surface area contributed by atoms with Gasteiger partial charge in [0.05, 0.1) is 24.8 Å². The van der Waals surface area contributed by atoms with E-state index < -0.39 is 17.4 Å². The molecule has 2 aliphatic rings. The second-order valence-corrected chi connectivity index (χ2v) is 12.0. The van der Waals surface area contributed by atoms with Crippen LogP contribution in [0.3, 0.4) is 0 Å². The molecule has 0 spiro atoms. The Balaban J connectivity index is 1.19. The maximum Gasteiger partial charge on any atom is 0.264 e. The van der Waals surface area contributed by atoms with Gasteiger partial charge in [0.2, 0.25) is 11.8 Å². The van der Waals surface area contributed by atoms with Gasteiger partial charge < -0.3 is 30.3 Å². The van der Waals surface area contributed by atoms with Crippen molar-refractivity contribution < 1.29 is 24.6 Å². The minimum absolute atomic E-state index is 0.0560. The summed E-state index contributed by atoms with van der Waals surface area (Å²) in [6.07, 6.45) is 7.58. The first kappa shape index (κ1) is 31.0. The van der Waals surface area contributed by atoms with Gasteiger partial charge in [0.1, 0.15) is 0 Å². The van der Waals surface area contributed by atoms with Crippen molar-refractivity contribution in [1.29, 1.82) is 0 Å². The van der Waals surface area contributed by atoms with Crippen LogP contribution in [0.4, 0.5) is 11.4 Å². The van der Waals surface area contributed by atoms with Gasteiger partial charge in [0.15, 0.2) is 5.60 Å². The predicted octanol–water partition coefficient (Wildman–Crippen LogP) is 4.60. The van der Waals surface area contributed by atoms with Crippen LogP contribution in [0.1, 0.15) is 35.6 Å². The van der Waals surface area contributed by atoms with E-state index in [-0.39, 0.29) is 43.8 Å². The number of carbonyl (C=O) groups excluding carboxylic acids is 3. The molecule has 3 aromatic carbocycles. The number of rotatable bonds is 10. The van der Waals surface area contributed by atoms with Crippen LogP contribution in [0, 0.1) is 5.92 Å². The first-order chi connectivity index (χ1) is 22.2. The summed E-state index contributed by atoms with van der Waals surface area (Å²) in [6.45, 7) is 5.99. The van der Waals surface area contributed by atoms with Gasteiger partial charge in [-0.15, -0.1) is 6.58 Å². The molecule has 9 nitrogen and oxygen atoms in total. The Kier molecular flexibility index (Phi) is 8.62. The zero-order chi connectivity index (χ0) is 32.4. The number of benzene rings is 3. The molecule has 0 unspecified atom stereocenters. The van der Waals surface area contributed by atoms with E-state index in [0.29, 0.717) is 29.9 Å². The van der Waals surface area contributed by atoms with E-state index in [9.17, 15) is 24.6 Å². The third-order valence-electron chi connectivity index (χ3n) is 9.15. The summed E-state index contributed by atoms with van der Waals surface area (Å²) in [5, 5.41) is 25.9. The average molecular weight is 619 g/mol. The second kappa shape index (κ2) is 12.8. The lowest BCUT2D eigenvalue weighted by molar-refractivity contribution is -0.139. The van der Waals surface area contributed by atoms with Gasteiger partial charge in [-0.1, -0.05) is 67.6 Å². The average Bonchev–Trinajstić information content (AvgIpc) is 3.56. The minimum Gasteiger partial charge on any atom is -0.394 e. The van der Waals surface area contributed by atoms with Crippen molar-refractivity contribution in [3.05, 3.63) is 120 Å². The Morgan fingerprint density at radius 3 is 2.67 bits per heavy atom. The summed E-state index contributed by atoms with van der Waals surface area (Å²) >= 11 is 0. The number of aromatic nitrogens is 1. The molecular weight excluding hydrogens is 580 g/mol. The molecule has 9 heteroatoms. The Morgan fingerprint density at radius 1 is 1.13 bits per heavy atom. The molecule has 4 aromatic rings. The molecule has 0 bridgehead atoms. The third kappa shape index (κ3) is 5.63. The smallest absolute Gasteiger partial charge is 0.264 e. The number of hydrogen-bond donors (Lipinski definition) is 4. The highest BCUT2D eigenvalue weighted by molar-refractivity contribution is 6.08. The van der Waals surface area contributed by atoms with Crippen molar-refractivity contribution >= 4 is 40.0 Å². The number of hydrogen-bond acceptors (Lipinski definition) is 5. The van der Waals surface area contributed by atoms with Gasteiger partial charge in [-0.3, -0.25) is 14.4 Å². The number of aliphatic hydroxyl groups excluding tert-OH is 1. The number of amides is 3. The maximum atomic E-state index is 13.7. The molecule has 236 valence electrons. The number of fused-ring (bicyclic) bond motifs is 3. The number of aromatic amines is 1. The molecule has 4 N–H and O–H groups in total. The molecule has 3 amide bonds. The van der Waals surface area contributed by atoms with Crippen molar-refractivity contribution in [3.8, 4) is 0 Å². The monoisotopic (exact) mass is 618 g/mol. The van der Waals surface area contributed by atoms with E-state index in [4.69, 9.17) is 0 Å². The molecular formula is C37H38N4O5. The van der Waals surface area contributed by atoms with Crippen LogP contribution in [0.25, 0.3) is 10.9 Å². The van der Waals surface area contributed by atoms with Crippen molar-refractivity contribution in [2.75, 3.05) is 23.4 Å². The summed E-state index contributed by atoms with van der Waals surface area (Å²) in [6, 6.07) is 20.5. The molecule has 0 fully saturated rings. The van der Waals surface area contributed by atoms with Gasteiger partial charge in [0, 0.05) is 53.8 Å². The fraction of sp³-hybridized carbons (Fsp3) is 0.270. The highest BCUT2D eigenvalue weighted by Crippen LogP contribution is 2.46. The van der Waals surface area contributed by atoms with E-state index in [1.807, 2.05) is 54.7 Å². The molecule has 6 rings (SSSR count). The van der Waals surface area contributed by atoms with Crippen LogP contribution in [0.15, 0.2) is 97.7 Å². The number of H-pyrrole nitrogens is 1. The Bertz CT molecular complexity index is 1840. The fourth-order valence-corrected chi connectivity index (χ4v) is 6.66. The Morgan fingerprint density at radius 2 is 1.89 bits per heavy atom. The van der Waals surface area contributed by atoms with Crippen LogP contribution in [0.2, 0.25) is 0 Å². The molecule has 3 heterocycles. The topological polar surface area (TPSA) is 126 Å².